The number of rotatable bonds is 8. The SMILES string of the molecule is CCN(CC)CCN(C(=O)c1ccccc1SC)c1nc2c(C)cc(Cl)cc2s1.Cl. The van der Waals surface area contributed by atoms with E-state index in [0.29, 0.717) is 17.1 Å². The van der Waals surface area contributed by atoms with Crippen molar-refractivity contribution < 1.29 is 4.79 Å². The van der Waals surface area contributed by atoms with Gasteiger partial charge in [0.15, 0.2) is 5.13 Å². The highest BCUT2D eigenvalue weighted by Gasteiger charge is 2.24. The molecular weight excluding hydrogens is 457 g/mol. The zero-order valence-corrected chi connectivity index (χ0v) is 20.9. The van der Waals surface area contributed by atoms with Gasteiger partial charge in [-0.05, 0) is 56.1 Å². The number of carbonyl (C=O) groups is 1. The van der Waals surface area contributed by atoms with Crippen LogP contribution in [0, 0.1) is 6.92 Å². The molecule has 0 unspecified atom stereocenters. The van der Waals surface area contributed by atoms with E-state index in [2.05, 4.69) is 18.7 Å². The van der Waals surface area contributed by atoms with Crippen LogP contribution in [0.25, 0.3) is 10.2 Å². The number of fused-ring (bicyclic) bond motifs is 1. The number of amides is 1. The monoisotopic (exact) mass is 483 g/mol. The average molecular weight is 485 g/mol. The average Bonchev–Trinajstić information content (AvgIpc) is 3.14. The molecule has 0 aliphatic carbocycles. The molecule has 1 heterocycles. The van der Waals surface area contributed by atoms with Crippen LogP contribution in [0.4, 0.5) is 5.13 Å². The van der Waals surface area contributed by atoms with Crippen molar-refractivity contribution in [3.05, 3.63) is 52.5 Å². The number of thioether (sulfide) groups is 1. The van der Waals surface area contributed by atoms with Crippen molar-refractivity contribution in [2.45, 2.75) is 25.7 Å². The lowest BCUT2D eigenvalue weighted by molar-refractivity contribution is 0.0981. The van der Waals surface area contributed by atoms with Crippen LogP contribution in [0.5, 0.6) is 0 Å². The standard InChI is InChI=1S/C22H26ClN3OS2.ClH/c1-5-25(6-2)11-12-26(21(27)17-9-7-8-10-18(17)28-4)22-24-20-15(3)13-16(23)14-19(20)29-22;/h7-10,13-14H,5-6,11-12H2,1-4H3;1H. The van der Waals surface area contributed by atoms with E-state index in [0.717, 1.165) is 45.4 Å². The van der Waals surface area contributed by atoms with Gasteiger partial charge in [0.05, 0.1) is 15.8 Å². The molecule has 0 fully saturated rings. The first-order chi connectivity index (χ1) is 14.0. The second-order valence-electron chi connectivity index (χ2n) is 6.75. The van der Waals surface area contributed by atoms with Gasteiger partial charge in [-0.1, -0.05) is 48.9 Å². The number of anilines is 1. The molecule has 8 heteroatoms. The fourth-order valence-corrected chi connectivity index (χ4v) is 5.32. The molecule has 30 heavy (non-hydrogen) atoms. The zero-order valence-electron chi connectivity index (χ0n) is 17.6. The van der Waals surface area contributed by atoms with Crippen LogP contribution in [0.2, 0.25) is 5.02 Å². The molecule has 162 valence electrons. The molecular formula is C22H27Cl2N3OS2. The molecule has 0 saturated carbocycles. The Morgan fingerprint density at radius 3 is 2.53 bits per heavy atom. The van der Waals surface area contributed by atoms with Crippen LogP contribution in [0.1, 0.15) is 29.8 Å². The van der Waals surface area contributed by atoms with Gasteiger partial charge >= 0.3 is 0 Å². The third kappa shape index (κ3) is 5.48. The van der Waals surface area contributed by atoms with E-state index in [1.165, 1.54) is 11.3 Å². The number of benzene rings is 2. The summed E-state index contributed by atoms with van der Waals surface area (Å²) in [4.78, 5) is 23.5. The first-order valence-corrected chi connectivity index (χ1v) is 12.1. The number of thiazole rings is 1. The van der Waals surface area contributed by atoms with Gasteiger partial charge in [-0.15, -0.1) is 24.2 Å². The normalized spacial score (nSPS) is 11.0. The number of likely N-dealkylation sites (N-methyl/N-ethyl adjacent to an activating group) is 1. The van der Waals surface area contributed by atoms with Gasteiger partial charge < -0.3 is 4.90 Å². The first-order valence-electron chi connectivity index (χ1n) is 9.72. The van der Waals surface area contributed by atoms with Crippen LogP contribution >= 0.6 is 47.1 Å². The highest BCUT2D eigenvalue weighted by atomic mass is 35.5. The zero-order chi connectivity index (χ0) is 21.0. The second kappa shape index (κ2) is 11.3. The molecule has 1 aromatic heterocycles. The minimum absolute atomic E-state index is 0. The van der Waals surface area contributed by atoms with Gasteiger partial charge in [0.25, 0.3) is 5.91 Å². The molecule has 2 aromatic carbocycles. The summed E-state index contributed by atoms with van der Waals surface area (Å²) in [7, 11) is 0. The number of halogens is 2. The van der Waals surface area contributed by atoms with Gasteiger partial charge in [-0.3, -0.25) is 9.69 Å². The van der Waals surface area contributed by atoms with E-state index in [-0.39, 0.29) is 18.3 Å². The molecule has 0 N–H and O–H groups in total. The Kier molecular flexibility index (Phi) is 9.44. The minimum atomic E-state index is -0.00934. The van der Waals surface area contributed by atoms with Gasteiger partial charge in [-0.2, -0.15) is 0 Å². The number of hydrogen-bond acceptors (Lipinski definition) is 5. The molecule has 0 atom stereocenters. The molecule has 0 aliphatic rings. The van der Waals surface area contributed by atoms with Crippen LogP contribution in [-0.4, -0.2) is 48.2 Å². The first kappa shape index (κ1) is 25.0. The van der Waals surface area contributed by atoms with E-state index in [1.54, 1.807) is 11.8 Å². The number of aryl methyl sites for hydroxylation is 1. The third-order valence-electron chi connectivity index (χ3n) is 4.99. The molecule has 0 bridgehead atoms. The summed E-state index contributed by atoms with van der Waals surface area (Å²) in [6.07, 6.45) is 2.00. The lowest BCUT2D eigenvalue weighted by atomic mass is 10.2. The lowest BCUT2D eigenvalue weighted by Crippen LogP contribution is -2.39. The van der Waals surface area contributed by atoms with Crippen molar-refractivity contribution in [3.63, 3.8) is 0 Å². The summed E-state index contributed by atoms with van der Waals surface area (Å²) in [5.41, 5.74) is 2.65. The fraction of sp³-hybridized carbons (Fsp3) is 0.364. The molecule has 0 spiro atoms. The van der Waals surface area contributed by atoms with Crippen molar-refractivity contribution in [3.8, 4) is 0 Å². The van der Waals surface area contributed by atoms with Crippen molar-refractivity contribution in [2.75, 3.05) is 37.3 Å². The van der Waals surface area contributed by atoms with E-state index in [9.17, 15) is 4.79 Å². The van der Waals surface area contributed by atoms with Crippen LogP contribution in [0.3, 0.4) is 0 Å². The largest absolute Gasteiger partial charge is 0.302 e. The molecule has 0 saturated heterocycles. The lowest BCUT2D eigenvalue weighted by Gasteiger charge is -2.25. The number of aromatic nitrogens is 1. The van der Waals surface area contributed by atoms with Crippen molar-refractivity contribution in [1.82, 2.24) is 9.88 Å². The molecule has 1 amide bonds. The molecule has 0 aliphatic heterocycles. The second-order valence-corrected chi connectivity index (χ2v) is 9.04. The molecule has 0 radical (unpaired) electrons. The van der Waals surface area contributed by atoms with Gasteiger partial charge in [0.2, 0.25) is 0 Å². The van der Waals surface area contributed by atoms with E-state index in [4.69, 9.17) is 16.6 Å². The molecule has 3 rings (SSSR count). The minimum Gasteiger partial charge on any atom is -0.302 e. The van der Waals surface area contributed by atoms with Crippen molar-refractivity contribution in [1.29, 1.82) is 0 Å². The Bertz CT molecular complexity index is 1010. The summed E-state index contributed by atoms with van der Waals surface area (Å²) in [5, 5.41) is 1.41. The summed E-state index contributed by atoms with van der Waals surface area (Å²) in [6, 6.07) is 11.6. The Labute approximate surface area is 198 Å². The van der Waals surface area contributed by atoms with Crippen molar-refractivity contribution in [2.24, 2.45) is 0 Å². The van der Waals surface area contributed by atoms with Gasteiger partial charge in [0.1, 0.15) is 0 Å². The number of hydrogen-bond donors (Lipinski definition) is 0. The predicted molar refractivity (Wildman–Crippen MR) is 134 cm³/mol. The van der Waals surface area contributed by atoms with Gasteiger partial charge in [0, 0.05) is 23.0 Å². The number of nitrogens with zero attached hydrogens (tertiary/aromatic N) is 3. The smallest absolute Gasteiger partial charge is 0.261 e. The molecule has 4 nitrogen and oxygen atoms in total. The summed E-state index contributed by atoms with van der Waals surface area (Å²) < 4.78 is 1.00. The van der Waals surface area contributed by atoms with Crippen LogP contribution in [0.15, 0.2) is 41.3 Å². The van der Waals surface area contributed by atoms with E-state index >= 15 is 0 Å². The predicted octanol–water partition coefficient (Wildman–Crippen LogP) is 6.39. The highest BCUT2D eigenvalue weighted by molar-refractivity contribution is 7.98. The Hall–Kier alpha value is -1.31. The maximum Gasteiger partial charge on any atom is 0.261 e. The summed E-state index contributed by atoms with van der Waals surface area (Å²) >= 11 is 9.35. The van der Waals surface area contributed by atoms with E-state index in [1.807, 2.05) is 54.5 Å². The topological polar surface area (TPSA) is 36.4 Å². The maximum absolute atomic E-state index is 13.6. The van der Waals surface area contributed by atoms with Crippen molar-refractivity contribution >= 4 is 68.4 Å². The maximum atomic E-state index is 13.6. The Balaban J connectivity index is 0.00000320. The third-order valence-corrected chi connectivity index (χ3v) is 7.03. The van der Waals surface area contributed by atoms with E-state index < -0.39 is 0 Å². The quantitative estimate of drug-likeness (QED) is 0.347. The Morgan fingerprint density at radius 2 is 1.87 bits per heavy atom. The number of carbonyl (C=O) groups excluding carboxylic acids is 1. The van der Waals surface area contributed by atoms with Crippen LogP contribution in [-0.2, 0) is 0 Å². The highest BCUT2D eigenvalue weighted by Crippen LogP contribution is 2.34. The fourth-order valence-electron chi connectivity index (χ4n) is 3.29. The van der Waals surface area contributed by atoms with Gasteiger partial charge in [-0.25, -0.2) is 4.98 Å². The summed E-state index contributed by atoms with van der Waals surface area (Å²) in [5.74, 6) is -0.00934. The van der Waals surface area contributed by atoms with Crippen LogP contribution < -0.4 is 4.90 Å². The molecule has 3 aromatic rings. The Morgan fingerprint density at radius 1 is 1.17 bits per heavy atom. The summed E-state index contributed by atoms with van der Waals surface area (Å²) in [6.45, 7) is 9.58.